The number of ketones is 1. The maximum absolute atomic E-state index is 14.9. The molecule has 1 unspecified atom stereocenters. The maximum atomic E-state index is 14.9. The number of benzene rings is 1. The standard InChI is InChI=1S/C29H28F6N4O5/c1-26(2,3)44-25(41)36-19-15-18(28(30,31)32)21-20(40)13-9-4-5-10-14-27(29(33,34)35,42-16-17-11-7-6-8-12-17)24-39-38-23(43-24)22(19)37-21/h4-8,11-12,15H,9-10,13-14,16H2,1-3H3,(H,36,41). The number of ether oxygens (including phenoxy) is 2. The minimum Gasteiger partial charge on any atom is -0.444 e. The molecule has 1 atom stereocenters. The van der Waals surface area contributed by atoms with Crippen molar-refractivity contribution in [3.8, 4) is 11.6 Å². The summed E-state index contributed by atoms with van der Waals surface area (Å²) in [6.07, 6.45) is -10.1. The summed E-state index contributed by atoms with van der Waals surface area (Å²) in [6.45, 7) is 4.02. The third kappa shape index (κ3) is 7.44. The number of alkyl halides is 6. The minimum absolute atomic E-state index is 0.0761. The molecule has 0 spiro atoms. The van der Waals surface area contributed by atoms with Crippen molar-refractivity contribution in [2.24, 2.45) is 0 Å². The third-order valence-corrected chi connectivity index (χ3v) is 6.35. The van der Waals surface area contributed by atoms with Crippen LogP contribution in [0.25, 0.3) is 11.6 Å². The summed E-state index contributed by atoms with van der Waals surface area (Å²) in [5, 5.41) is 9.34. The van der Waals surface area contributed by atoms with Crippen molar-refractivity contribution >= 4 is 17.6 Å². The highest BCUT2D eigenvalue weighted by Gasteiger charge is 2.61. The molecule has 9 nitrogen and oxygen atoms in total. The van der Waals surface area contributed by atoms with E-state index in [1.807, 2.05) is 0 Å². The van der Waals surface area contributed by atoms with Crippen LogP contribution in [0.5, 0.6) is 0 Å². The van der Waals surface area contributed by atoms with Gasteiger partial charge in [0.1, 0.15) is 11.3 Å². The molecule has 4 rings (SSSR count). The number of carbonyl (C=O) groups is 2. The number of anilines is 1. The fraction of sp³-hybridized carbons (Fsp3) is 0.414. The molecule has 0 aliphatic carbocycles. The number of nitrogens with zero attached hydrogens (tertiary/aromatic N) is 3. The molecule has 236 valence electrons. The van der Waals surface area contributed by atoms with E-state index in [2.05, 4.69) is 20.5 Å². The van der Waals surface area contributed by atoms with Gasteiger partial charge >= 0.3 is 18.4 Å². The molecule has 0 saturated carbocycles. The number of Topliss-reactive ketones (excluding diaryl/α,β-unsaturated/α-hetero) is 1. The molecule has 44 heavy (non-hydrogen) atoms. The Balaban J connectivity index is 1.92. The molecule has 15 heteroatoms. The van der Waals surface area contributed by atoms with Crippen LogP contribution < -0.4 is 5.32 Å². The number of amides is 1. The Morgan fingerprint density at radius 2 is 1.68 bits per heavy atom. The summed E-state index contributed by atoms with van der Waals surface area (Å²) in [4.78, 5) is 29.3. The lowest BCUT2D eigenvalue weighted by molar-refractivity contribution is -0.299. The number of fused-ring (bicyclic) bond motifs is 5. The largest absolute Gasteiger partial charge is 0.444 e. The van der Waals surface area contributed by atoms with Crippen molar-refractivity contribution in [2.75, 3.05) is 5.32 Å². The summed E-state index contributed by atoms with van der Waals surface area (Å²) in [7, 11) is 0. The van der Waals surface area contributed by atoms with Crippen LogP contribution in [0.3, 0.4) is 0 Å². The number of carbonyl (C=O) groups excluding carboxylic acids is 2. The molecule has 1 aromatic carbocycles. The van der Waals surface area contributed by atoms with Crippen LogP contribution in [0.2, 0.25) is 0 Å². The van der Waals surface area contributed by atoms with Gasteiger partial charge in [-0.3, -0.25) is 10.1 Å². The molecule has 0 fully saturated rings. The van der Waals surface area contributed by atoms with Crippen LogP contribution >= 0.6 is 0 Å². The van der Waals surface area contributed by atoms with Crippen molar-refractivity contribution < 1.29 is 49.8 Å². The SMILES string of the molecule is CC(C)(C)OC(=O)Nc1cc(C(F)(F)F)c2nc1-c1nnc(o1)C(OCc1ccccc1)(C(F)(F)F)CCC=CCCC2=O. The number of nitrogens with one attached hydrogen (secondary N) is 1. The number of halogens is 6. The van der Waals surface area contributed by atoms with Gasteiger partial charge in [-0.1, -0.05) is 42.5 Å². The topological polar surface area (TPSA) is 116 Å². The third-order valence-electron chi connectivity index (χ3n) is 6.35. The first-order chi connectivity index (χ1) is 20.5. The molecule has 4 bridgehead atoms. The van der Waals surface area contributed by atoms with Crippen molar-refractivity contribution in [3.63, 3.8) is 0 Å². The molecule has 3 aromatic rings. The van der Waals surface area contributed by atoms with E-state index in [1.54, 1.807) is 30.3 Å². The molecule has 1 N–H and O–H groups in total. The van der Waals surface area contributed by atoms with Gasteiger partial charge < -0.3 is 13.9 Å². The number of aromatic nitrogens is 3. The average molecular weight is 627 g/mol. The highest BCUT2D eigenvalue weighted by molar-refractivity contribution is 5.98. The lowest BCUT2D eigenvalue weighted by Crippen LogP contribution is -2.45. The van der Waals surface area contributed by atoms with E-state index in [1.165, 1.54) is 32.9 Å². The van der Waals surface area contributed by atoms with Gasteiger partial charge in [0, 0.05) is 6.42 Å². The zero-order chi connectivity index (χ0) is 32.3. The number of hydrogen-bond acceptors (Lipinski definition) is 8. The number of hydrogen-bond donors (Lipinski definition) is 1. The van der Waals surface area contributed by atoms with Gasteiger partial charge in [-0.25, -0.2) is 9.78 Å². The van der Waals surface area contributed by atoms with Crippen molar-refractivity contribution in [1.82, 2.24) is 15.2 Å². The smallest absolute Gasteiger partial charge is 0.426 e. The molecule has 1 aliphatic rings. The van der Waals surface area contributed by atoms with E-state index >= 15 is 0 Å². The molecule has 2 aromatic heterocycles. The monoisotopic (exact) mass is 626 g/mol. The normalized spacial score (nSPS) is 18.1. The highest BCUT2D eigenvalue weighted by atomic mass is 19.4. The highest BCUT2D eigenvalue weighted by Crippen LogP contribution is 2.47. The first-order valence-electron chi connectivity index (χ1n) is 13.4. The van der Waals surface area contributed by atoms with Gasteiger partial charge in [-0.2, -0.15) is 26.3 Å². The quantitative estimate of drug-likeness (QED) is 0.231. The zero-order valence-electron chi connectivity index (χ0n) is 23.8. The first-order valence-corrected chi connectivity index (χ1v) is 13.4. The van der Waals surface area contributed by atoms with Crippen LogP contribution in [0.1, 0.15) is 74.0 Å². The van der Waals surface area contributed by atoms with Crippen molar-refractivity contribution in [2.45, 2.75) is 76.6 Å². The molecule has 1 aliphatic heterocycles. The Kier molecular flexibility index (Phi) is 9.18. The Bertz CT molecular complexity index is 1530. The Labute approximate surface area is 247 Å². The fourth-order valence-electron chi connectivity index (χ4n) is 4.32. The average Bonchev–Trinajstić information content (AvgIpc) is 3.40. The van der Waals surface area contributed by atoms with Gasteiger partial charge in [0.15, 0.2) is 11.5 Å². The Morgan fingerprint density at radius 1 is 1.00 bits per heavy atom. The molecule has 0 radical (unpaired) electrons. The lowest BCUT2D eigenvalue weighted by atomic mass is 9.95. The van der Waals surface area contributed by atoms with Crippen LogP contribution in [-0.2, 0) is 27.9 Å². The van der Waals surface area contributed by atoms with Gasteiger partial charge in [0.25, 0.3) is 11.8 Å². The van der Waals surface area contributed by atoms with Crippen molar-refractivity contribution in [3.05, 3.63) is 71.3 Å². The van der Waals surface area contributed by atoms with E-state index in [0.29, 0.717) is 11.6 Å². The number of pyridine rings is 1. The van der Waals surface area contributed by atoms with E-state index < -0.39 is 89.3 Å². The van der Waals surface area contributed by atoms with Gasteiger partial charge in [0.2, 0.25) is 5.60 Å². The predicted molar refractivity (Wildman–Crippen MR) is 143 cm³/mol. The second kappa shape index (κ2) is 12.4. The molecule has 0 saturated heterocycles. The van der Waals surface area contributed by atoms with Gasteiger partial charge in [-0.05, 0) is 51.7 Å². The summed E-state index contributed by atoms with van der Waals surface area (Å²) in [6, 6.07) is 8.46. The van der Waals surface area contributed by atoms with Crippen LogP contribution in [0, 0.1) is 0 Å². The summed E-state index contributed by atoms with van der Waals surface area (Å²) in [5.41, 5.74) is -7.65. The first kappa shape index (κ1) is 32.6. The van der Waals surface area contributed by atoms with Crippen LogP contribution in [-0.4, -0.2) is 38.8 Å². The van der Waals surface area contributed by atoms with E-state index in [9.17, 15) is 35.9 Å². The predicted octanol–water partition coefficient (Wildman–Crippen LogP) is 7.78. The zero-order valence-corrected chi connectivity index (χ0v) is 23.8. The second-order valence-corrected chi connectivity index (χ2v) is 10.9. The van der Waals surface area contributed by atoms with Crippen LogP contribution in [0.15, 0.2) is 53.0 Å². The number of rotatable bonds is 4. The molecule has 3 heterocycles. The van der Waals surface area contributed by atoms with E-state index in [4.69, 9.17) is 13.9 Å². The number of allylic oxidation sites excluding steroid dienone is 2. The van der Waals surface area contributed by atoms with Gasteiger partial charge in [-0.15, -0.1) is 10.2 Å². The van der Waals surface area contributed by atoms with E-state index in [0.717, 1.165) is 0 Å². The fourth-order valence-corrected chi connectivity index (χ4v) is 4.32. The Morgan fingerprint density at radius 3 is 2.32 bits per heavy atom. The molecule has 1 amide bonds. The summed E-state index contributed by atoms with van der Waals surface area (Å²) in [5.74, 6) is -2.84. The van der Waals surface area contributed by atoms with Gasteiger partial charge in [0.05, 0.1) is 17.9 Å². The van der Waals surface area contributed by atoms with Crippen molar-refractivity contribution in [1.29, 1.82) is 0 Å². The maximum Gasteiger partial charge on any atom is 0.426 e. The summed E-state index contributed by atoms with van der Waals surface area (Å²) < 4.78 is 103. The Hall–Kier alpha value is -4.27. The molecular formula is C29H28F6N4O5. The summed E-state index contributed by atoms with van der Waals surface area (Å²) >= 11 is 0. The molecular weight excluding hydrogens is 598 g/mol. The lowest BCUT2D eigenvalue weighted by Gasteiger charge is -2.32. The second-order valence-electron chi connectivity index (χ2n) is 10.9. The van der Waals surface area contributed by atoms with E-state index in [-0.39, 0.29) is 12.8 Å². The minimum atomic E-state index is -5.10. The van der Waals surface area contributed by atoms with Crippen LogP contribution in [0.4, 0.5) is 36.8 Å².